The zero-order valence-electron chi connectivity index (χ0n) is 18.7. The summed E-state index contributed by atoms with van der Waals surface area (Å²) in [6.45, 7) is 5.84. The maximum atomic E-state index is 13.3. The average Bonchev–Trinajstić information content (AvgIpc) is 2.78. The van der Waals surface area contributed by atoms with E-state index in [1.165, 1.54) is 0 Å². The van der Waals surface area contributed by atoms with Crippen LogP contribution in [0.3, 0.4) is 0 Å². The van der Waals surface area contributed by atoms with Crippen molar-refractivity contribution in [1.82, 2.24) is 10.2 Å². The van der Waals surface area contributed by atoms with Gasteiger partial charge in [-0.3, -0.25) is 9.59 Å². The number of nitrogens with one attached hydrogen (secondary N) is 1. The van der Waals surface area contributed by atoms with E-state index < -0.39 is 6.04 Å². The summed E-state index contributed by atoms with van der Waals surface area (Å²) in [6, 6.07) is 20.3. The average molecular weight is 453 g/mol. The lowest BCUT2D eigenvalue weighted by atomic mass is 10.1. The Balaban J connectivity index is 1.82. The van der Waals surface area contributed by atoms with Crippen LogP contribution in [0.2, 0.25) is 5.02 Å². The summed E-state index contributed by atoms with van der Waals surface area (Å²) in [7, 11) is 0. The second-order valence-electron chi connectivity index (χ2n) is 8.00. The number of hydrogen-bond donors (Lipinski definition) is 1. The third-order valence-electron chi connectivity index (χ3n) is 5.18. The maximum absolute atomic E-state index is 13.3. The molecule has 3 rings (SSSR count). The zero-order valence-corrected chi connectivity index (χ0v) is 19.4. The molecule has 0 bridgehead atoms. The van der Waals surface area contributed by atoms with Gasteiger partial charge in [-0.1, -0.05) is 67.1 Å². The first-order chi connectivity index (χ1) is 15.4. The molecule has 2 amide bonds. The van der Waals surface area contributed by atoms with Gasteiger partial charge in [0.2, 0.25) is 5.91 Å². The van der Waals surface area contributed by atoms with Crippen molar-refractivity contribution in [2.24, 2.45) is 0 Å². The van der Waals surface area contributed by atoms with Gasteiger partial charge in [0.15, 0.2) is 6.61 Å². The lowest BCUT2D eigenvalue weighted by Crippen LogP contribution is -2.51. The number of carbonyl (C=O) groups is 2. The molecule has 6 heteroatoms. The molecule has 168 valence electrons. The highest BCUT2D eigenvalue weighted by molar-refractivity contribution is 6.30. The fourth-order valence-corrected chi connectivity index (χ4v) is 3.76. The topological polar surface area (TPSA) is 58.6 Å². The number of hydrogen-bond acceptors (Lipinski definition) is 3. The van der Waals surface area contributed by atoms with E-state index in [1.807, 2.05) is 75.4 Å². The quantitative estimate of drug-likeness (QED) is 0.485. The lowest BCUT2D eigenvalue weighted by molar-refractivity contribution is -0.143. The molecule has 0 aliphatic rings. The Hall–Kier alpha value is -3.05. The summed E-state index contributed by atoms with van der Waals surface area (Å²) in [4.78, 5) is 27.8. The highest BCUT2D eigenvalue weighted by atomic mass is 35.5. The number of benzene rings is 3. The van der Waals surface area contributed by atoms with Gasteiger partial charge in [0.05, 0.1) is 0 Å². The van der Waals surface area contributed by atoms with E-state index >= 15 is 0 Å². The minimum absolute atomic E-state index is 0.0176. The van der Waals surface area contributed by atoms with E-state index in [4.69, 9.17) is 16.3 Å². The molecule has 0 aliphatic heterocycles. The van der Waals surface area contributed by atoms with Crippen LogP contribution in [0.15, 0.2) is 66.7 Å². The highest BCUT2D eigenvalue weighted by Gasteiger charge is 2.29. The van der Waals surface area contributed by atoms with Crippen LogP contribution in [-0.4, -0.2) is 35.4 Å². The molecule has 0 fully saturated rings. The Kier molecular flexibility index (Phi) is 8.12. The van der Waals surface area contributed by atoms with Gasteiger partial charge in [-0.05, 0) is 49.4 Å². The third kappa shape index (κ3) is 6.01. The smallest absolute Gasteiger partial charge is 0.261 e. The van der Waals surface area contributed by atoms with Crippen LogP contribution < -0.4 is 10.1 Å². The number of carbonyl (C=O) groups excluding carboxylic acids is 2. The van der Waals surface area contributed by atoms with E-state index in [0.717, 1.165) is 16.3 Å². The second kappa shape index (κ2) is 11.0. The molecule has 0 aromatic heterocycles. The van der Waals surface area contributed by atoms with Gasteiger partial charge in [0.1, 0.15) is 11.8 Å². The number of rotatable bonds is 9. The van der Waals surface area contributed by atoms with Crippen LogP contribution >= 0.6 is 11.6 Å². The van der Waals surface area contributed by atoms with Crippen molar-refractivity contribution in [3.63, 3.8) is 0 Å². The van der Waals surface area contributed by atoms with Crippen molar-refractivity contribution in [3.8, 4) is 5.75 Å². The first-order valence-electron chi connectivity index (χ1n) is 10.8. The SMILES string of the molecule is CC[C@H](C(=O)NC(C)C)N(Cc1ccc(Cl)cc1)C(=O)COc1cccc2ccccc12. The van der Waals surface area contributed by atoms with Crippen LogP contribution in [0.25, 0.3) is 10.8 Å². The third-order valence-corrected chi connectivity index (χ3v) is 5.44. The van der Waals surface area contributed by atoms with Gasteiger partial charge in [-0.15, -0.1) is 0 Å². The van der Waals surface area contributed by atoms with E-state index in [1.54, 1.807) is 17.0 Å². The monoisotopic (exact) mass is 452 g/mol. The molecule has 0 radical (unpaired) electrons. The molecule has 0 unspecified atom stereocenters. The first kappa shape index (κ1) is 23.6. The van der Waals surface area contributed by atoms with Crippen molar-refractivity contribution < 1.29 is 14.3 Å². The van der Waals surface area contributed by atoms with Crippen LogP contribution in [0.5, 0.6) is 5.75 Å². The van der Waals surface area contributed by atoms with E-state index in [-0.39, 0.29) is 24.5 Å². The van der Waals surface area contributed by atoms with Crippen LogP contribution in [0, 0.1) is 0 Å². The number of nitrogens with zero attached hydrogens (tertiary/aromatic N) is 1. The van der Waals surface area contributed by atoms with E-state index in [9.17, 15) is 9.59 Å². The Morgan fingerprint density at radius 1 is 1.00 bits per heavy atom. The molecule has 0 aliphatic carbocycles. The van der Waals surface area contributed by atoms with Crippen LogP contribution in [0.1, 0.15) is 32.8 Å². The summed E-state index contributed by atoms with van der Waals surface area (Å²) in [6.07, 6.45) is 0.492. The fraction of sp³-hybridized carbons (Fsp3) is 0.308. The summed E-state index contributed by atoms with van der Waals surface area (Å²) in [5.74, 6) is 0.219. The van der Waals surface area contributed by atoms with Gasteiger partial charge in [0.25, 0.3) is 5.91 Å². The van der Waals surface area contributed by atoms with Crippen molar-refractivity contribution in [2.45, 2.75) is 45.8 Å². The van der Waals surface area contributed by atoms with E-state index in [2.05, 4.69) is 5.32 Å². The first-order valence-corrected chi connectivity index (χ1v) is 11.2. The van der Waals surface area contributed by atoms with E-state index in [0.29, 0.717) is 23.7 Å². The molecule has 1 atom stereocenters. The Labute approximate surface area is 194 Å². The predicted molar refractivity (Wildman–Crippen MR) is 129 cm³/mol. The van der Waals surface area contributed by atoms with Gasteiger partial charge >= 0.3 is 0 Å². The molecule has 0 spiro atoms. The molecule has 3 aromatic rings. The molecular formula is C26H29ClN2O3. The number of ether oxygens (including phenoxy) is 1. The van der Waals surface area contributed by atoms with Crippen molar-refractivity contribution in [3.05, 3.63) is 77.3 Å². The number of amides is 2. The molecular weight excluding hydrogens is 424 g/mol. The normalized spacial score (nSPS) is 11.9. The highest BCUT2D eigenvalue weighted by Crippen LogP contribution is 2.25. The van der Waals surface area contributed by atoms with Crippen molar-refractivity contribution >= 4 is 34.2 Å². The molecule has 1 N–H and O–H groups in total. The summed E-state index contributed by atoms with van der Waals surface area (Å²) in [5.41, 5.74) is 0.892. The van der Waals surface area contributed by atoms with Gasteiger partial charge in [-0.25, -0.2) is 0 Å². The molecule has 0 saturated carbocycles. The molecule has 0 heterocycles. The molecule has 32 heavy (non-hydrogen) atoms. The fourth-order valence-electron chi connectivity index (χ4n) is 3.63. The predicted octanol–water partition coefficient (Wildman–Crippen LogP) is 5.20. The van der Waals surface area contributed by atoms with Crippen molar-refractivity contribution in [2.75, 3.05) is 6.61 Å². The van der Waals surface area contributed by atoms with Crippen LogP contribution in [-0.2, 0) is 16.1 Å². The largest absolute Gasteiger partial charge is 0.483 e. The molecule has 0 saturated heterocycles. The van der Waals surface area contributed by atoms with Gasteiger partial charge < -0.3 is 15.0 Å². The van der Waals surface area contributed by atoms with Gasteiger partial charge in [-0.2, -0.15) is 0 Å². The summed E-state index contributed by atoms with van der Waals surface area (Å²) < 4.78 is 5.93. The Bertz CT molecular complexity index is 1060. The van der Waals surface area contributed by atoms with Crippen LogP contribution in [0.4, 0.5) is 0 Å². The number of halogens is 1. The Morgan fingerprint density at radius 2 is 1.69 bits per heavy atom. The number of fused-ring (bicyclic) bond motifs is 1. The minimum Gasteiger partial charge on any atom is -0.483 e. The molecule has 3 aromatic carbocycles. The summed E-state index contributed by atoms with van der Waals surface area (Å²) in [5, 5.41) is 5.53. The minimum atomic E-state index is -0.600. The standard InChI is InChI=1S/C26H29ClN2O3/c1-4-23(26(31)28-18(2)3)29(16-19-12-14-21(27)15-13-19)25(30)17-32-24-11-7-9-20-8-5-6-10-22(20)24/h5-15,18,23H,4,16-17H2,1-3H3,(H,28,31)/t23-/m1/s1. The van der Waals surface area contributed by atoms with Crippen molar-refractivity contribution in [1.29, 1.82) is 0 Å². The maximum Gasteiger partial charge on any atom is 0.261 e. The Morgan fingerprint density at radius 3 is 2.38 bits per heavy atom. The lowest BCUT2D eigenvalue weighted by Gasteiger charge is -2.31. The zero-order chi connectivity index (χ0) is 23.1. The summed E-state index contributed by atoms with van der Waals surface area (Å²) >= 11 is 6.01. The van der Waals surface area contributed by atoms with Gasteiger partial charge in [0, 0.05) is 23.0 Å². The molecule has 5 nitrogen and oxygen atoms in total. The second-order valence-corrected chi connectivity index (χ2v) is 8.44.